The fraction of sp³-hybridized carbons (Fsp3) is 0.0286. The number of aromatic nitrogens is 2. The van der Waals surface area contributed by atoms with Crippen LogP contribution in [0.3, 0.4) is 0 Å². The summed E-state index contributed by atoms with van der Waals surface area (Å²) in [5.41, 5.74) is 9.88. The first-order valence-electron chi connectivity index (χ1n) is 12.5. The molecule has 180 valence electrons. The van der Waals surface area contributed by atoms with E-state index in [1.807, 2.05) is 55.5 Å². The van der Waals surface area contributed by atoms with Crippen LogP contribution in [0.15, 0.2) is 120 Å². The summed E-state index contributed by atoms with van der Waals surface area (Å²) >= 11 is 0. The molecule has 4 aromatic carbocycles. The number of nitrogens with zero attached hydrogens (tertiary/aromatic N) is 2. The number of hydrogen-bond donors (Lipinski definition) is 0. The Labute approximate surface area is 222 Å². The molecule has 0 bridgehead atoms. The third kappa shape index (κ3) is 4.40. The Bertz CT molecular complexity index is 1770. The van der Waals surface area contributed by atoms with Crippen molar-refractivity contribution in [3.8, 4) is 57.1 Å². The largest absolute Gasteiger partial charge is 0.447 e. The lowest BCUT2D eigenvalue weighted by Crippen LogP contribution is -1.91. The van der Waals surface area contributed by atoms with Crippen molar-refractivity contribution in [2.24, 2.45) is 0 Å². The molecule has 0 atom stereocenters. The lowest BCUT2D eigenvalue weighted by Gasteiger charge is -2.11. The van der Waals surface area contributed by atoms with Crippen LogP contribution in [0.2, 0.25) is 0 Å². The molecule has 3 nitrogen and oxygen atoms in total. The summed E-state index contributed by atoms with van der Waals surface area (Å²) in [6.45, 7) is 1.96. The van der Waals surface area contributed by atoms with Crippen LogP contribution >= 0.6 is 0 Å². The molecule has 0 unspecified atom stereocenters. The number of furan rings is 1. The Morgan fingerprint density at radius 2 is 1.26 bits per heavy atom. The van der Waals surface area contributed by atoms with Crippen LogP contribution in [-0.4, -0.2) is 9.97 Å². The van der Waals surface area contributed by atoms with Crippen molar-refractivity contribution in [2.75, 3.05) is 0 Å². The Morgan fingerprint density at radius 1 is 0.658 bits per heavy atom. The summed E-state index contributed by atoms with van der Waals surface area (Å²) in [4.78, 5) is 9.23. The van der Waals surface area contributed by atoms with Gasteiger partial charge in [0, 0.05) is 22.1 Å². The molecule has 3 heteroatoms. The maximum atomic E-state index is 5.98. The quantitative estimate of drug-likeness (QED) is 0.227. The number of terminal acetylenes is 1. The third-order valence-corrected chi connectivity index (χ3v) is 6.60. The van der Waals surface area contributed by atoms with Gasteiger partial charge in [0.15, 0.2) is 5.76 Å². The minimum atomic E-state index is 0.532. The highest BCUT2D eigenvalue weighted by Crippen LogP contribution is 2.34. The SMILES string of the molecule is C#Cc1oc2cc(-c3cc(-c4cc(-c5ccccc5)cc(-c5ccccc5)c4)ncn3)ccc2c1/C=C\C. The zero-order chi connectivity index (χ0) is 25.9. The molecule has 0 fully saturated rings. The van der Waals surface area contributed by atoms with Gasteiger partial charge < -0.3 is 4.42 Å². The van der Waals surface area contributed by atoms with E-state index in [0.717, 1.165) is 61.3 Å². The molecule has 2 heterocycles. The molecule has 2 aromatic heterocycles. The van der Waals surface area contributed by atoms with Gasteiger partial charge in [-0.3, -0.25) is 0 Å². The molecule has 6 rings (SSSR count). The lowest BCUT2D eigenvalue weighted by atomic mass is 9.94. The maximum Gasteiger partial charge on any atom is 0.185 e. The molecule has 0 saturated carbocycles. The van der Waals surface area contributed by atoms with E-state index in [1.165, 1.54) is 0 Å². The van der Waals surface area contributed by atoms with E-state index in [4.69, 9.17) is 10.8 Å². The molecule has 0 aliphatic heterocycles. The second kappa shape index (κ2) is 10.0. The fourth-order valence-corrected chi connectivity index (χ4v) is 4.76. The zero-order valence-corrected chi connectivity index (χ0v) is 20.9. The Balaban J connectivity index is 1.46. The number of hydrogen-bond acceptors (Lipinski definition) is 3. The predicted octanol–water partition coefficient (Wildman–Crippen LogP) is 8.91. The van der Waals surface area contributed by atoms with Gasteiger partial charge in [0.1, 0.15) is 11.9 Å². The summed E-state index contributed by atoms with van der Waals surface area (Å²) in [7, 11) is 0. The van der Waals surface area contributed by atoms with E-state index >= 15 is 0 Å². The monoisotopic (exact) mass is 488 g/mol. The average molecular weight is 489 g/mol. The van der Waals surface area contributed by atoms with Gasteiger partial charge in [-0.15, -0.1) is 6.42 Å². The molecule has 6 aromatic rings. The van der Waals surface area contributed by atoms with Crippen LogP contribution in [0.5, 0.6) is 0 Å². The van der Waals surface area contributed by atoms with E-state index < -0.39 is 0 Å². The van der Waals surface area contributed by atoms with Gasteiger partial charge in [-0.2, -0.15) is 0 Å². The first-order valence-corrected chi connectivity index (χ1v) is 12.5. The summed E-state index contributed by atoms with van der Waals surface area (Å²) in [6, 6.07) is 35.5. The predicted molar refractivity (Wildman–Crippen MR) is 156 cm³/mol. The van der Waals surface area contributed by atoms with Gasteiger partial charge in [0.25, 0.3) is 0 Å². The highest BCUT2D eigenvalue weighted by Gasteiger charge is 2.13. The molecule has 0 spiro atoms. The Morgan fingerprint density at radius 3 is 1.87 bits per heavy atom. The van der Waals surface area contributed by atoms with Crippen LogP contribution in [0, 0.1) is 12.3 Å². The summed E-state index contributed by atoms with van der Waals surface area (Å²) in [5, 5.41) is 0.983. The van der Waals surface area contributed by atoms with E-state index in [-0.39, 0.29) is 0 Å². The average Bonchev–Trinajstić information content (AvgIpc) is 3.35. The van der Waals surface area contributed by atoms with Gasteiger partial charge in [0.2, 0.25) is 0 Å². The van der Waals surface area contributed by atoms with Crippen molar-refractivity contribution < 1.29 is 4.42 Å². The zero-order valence-electron chi connectivity index (χ0n) is 20.9. The molecule has 0 saturated heterocycles. The molecule has 0 N–H and O–H groups in total. The topological polar surface area (TPSA) is 38.9 Å². The summed E-state index contributed by atoms with van der Waals surface area (Å²) in [5.74, 6) is 3.19. The van der Waals surface area contributed by atoms with Crippen molar-refractivity contribution in [3.63, 3.8) is 0 Å². The van der Waals surface area contributed by atoms with Gasteiger partial charge in [0.05, 0.1) is 11.4 Å². The Kier molecular flexibility index (Phi) is 6.14. The van der Waals surface area contributed by atoms with Gasteiger partial charge in [-0.25, -0.2) is 9.97 Å². The van der Waals surface area contributed by atoms with Crippen molar-refractivity contribution in [3.05, 3.63) is 127 Å². The highest BCUT2D eigenvalue weighted by atomic mass is 16.3. The lowest BCUT2D eigenvalue weighted by molar-refractivity contribution is 0.600. The van der Waals surface area contributed by atoms with E-state index in [1.54, 1.807) is 6.33 Å². The van der Waals surface area contributed by atoms with Crippen LogP contribution in [0.25, 0.3) is 61.8 Å². The number of fused-ring (bicyclic) bond motifs is 1. The molecule has 38 heavy (non-hydrogen) atoms. The number of allylic oxidation sites excluding steroid dienone is 1. The minimum Gasteiger partial charge on any atom is -0.447 e. The molecular formula is C35H24N2O. The molecule has 0 aliphatic rings. The van der Waals surface area contributed by atoms with E-state index in [9.17, 15) is 0 Å². The first kappa shape index (κ1) is 23.2. The van der Waals surface area contributed by atoms with Crippen LogP contribution in [-0.2, 0) is 0 Å². The van der Waals surface area contributed by atoms with E-state index in [2.05, 4.69) is 82.6 Å². The normalized spacial score (nSPS) is 11.2. The highest BCUT2D eigenvalue weighted by molar-refractivity contribution is 5.92. The number of rotatable bonds is 5. The van der Waals surface area contributed by atoms with Gasteiger partial charge >= 0.3 is 0 Å². The third-order valence-electron chi connectivity index (χ3n) is 6.60. The van der Waals surface area contributed by atoms with Crippen molar-refractivity contribution in [1.82, 2.24) is 9.97 Å². The molecular weight excluding hydrogens is 464 g/mol. The summed E-state index contributed by atoms with van der Waals surface area (Å²) < 4.78 is 5.98. The maximum absolute atomic E-state index is 5.98. The standard InChI is InChI=1S/C35H24N2O/c1-3-11-30-31-17-16-26(21-35(31)38-34(30)4-2)32-22-33(37-23-36-32)29-19-27(24-12-7-5-8-13-24)18-28(20-29)25-14-9-6-10-15-25/h2-3,5-23H,1H3/b11-3-. The molecule has 0 aliphatic carbocycles. The van der Waals surface area contributed by atoms with Crippen molar-refractivity contribution >= 4 is 17.0 Å². The van der Waals surface area contributed by atoms with Gasteiger partial charge in [-0.05, 0) is 71.5 Å². The second-order valence-electron chi connectivity index (χ2n) is 9.02. The molecule has 0 amide bonds. The summed E-state index contributed by atoms with van der Waals surface area (Å²) in [6.07, 6.45) is 11.2. The fourth-order valence-electron chi connectivity index (χ4n) is 4.76. The van der Waals surface area contributed by atoms with Crippen LogP contribution in [0.4, 0.5) is 0 Å². The van der Waals surface area contributed by atoms with E-state index in [0.29, 0.717) is 5.76 Å². The van der Waals surface area contributed by atoms with Gasteiger partial charge in [-0.1, -0.05) is 78.9 Å². The smallest absolute Gasteiger partial charge is 0.185 e. The van der Waals surface area contributed by atoms with Crippen LogP contribution in [0.1, 0.15) is 18.2 Å². The van der Waals surface area contributed by atoms with Crippen LogP contribution < -0.4 is 0 Å². The second-order valence-corrected chi connectivity index (χ2v) is 9.02. The van der Waals surface area contributed by atoms with Crippen molar-refractivity contribution in [1.29, 1.82) is 0 Å². The van der Waals surface area contributed by atoms with Crippen molar-refractivity contribution in [2.45, 2.75) is 6.92 Å². The first-order chi connectivity index (χ1) is 18.7. The molecule has 0 radical (unpaired) electrons. The Hall–Kier alpha value is -5.20. The minimum absolute atomic E-state index is 0.532. The number of benzene rings is 4.